The minimum atomic E-state index is -1.02. The Morgan fingerprint density at radius 1 is 1.47 bits per heavy atom. The molecule has 0 radical (unpaired) electrons. The summed E-state index contributed by atoms with van der Waals surface area (Å²) in [6, 6.07) is 5.44. The number of hydrogen-bond donors (Lipinski definition) is 1. The van der Waals surface area contributed by atoms with Gasteiger partial charge in [0.05, 0.1) is 10.7 Å². The highest BCUT2D eigenvalue weighted by molar-refractivity contribution is 6.33. The average molecular weight is 228 g/mol. The fourth-order valence-corrected chi connectivity index (χ4v) is 1.49. The average Bonchev–Trinajstić information content (AvgIpc) is 2.16. The Bertz CT molecular complexity index is 377. The second-order valence-electron chi connectivity index (χ2n) is 3.71. The predicted molar refractivity (Wildman–Crippen MR) is 62.0 cm³/mol. The lowest BCUT2D eigenvalue weighted by Gasteiger charge is -2.17. The van der Waals surface area contributed by atoms with Crippen LogP contribution in [-0.4, -0.2) is 18.2 Å². The Balaban J connectivity index is 3.16. The minimum Gasteiger partial charge on any atom is -0.465 e. The molecule has 1 amide bonds. The van der Waals surface area contributed by atoms with E-state index in [1.165, 1.54) is 7.05 Å². The number of hydrogen-bond acceptors (Lipinski definition) is 1. The van der Waals surface area contributed by atoms with Gasteiger partial charge in [-0.2, -0.15) is 0 Å². The Labute approximate surface area is 94.3 Å². The van der Waals surface area contributed by atoms with Crippen molar-refractivity contribution < 1.29 is 9.90 Å². The molecule has 0 aliphatic heterocycles. The Morgan fingerprint density at radius 3 is 2.53 bits per heavy atom. The van der Waals surface area contributed by atoms with E-state index in [0.717, 1.165) is 10.5 Å². The molecule has 0 bridgehead atoms. The van der Waals surface area contributed by atoms with Crippen LogP contribution in [-0.2, 0) is 0 Å². The maximum Gasteiger partial charge on any atom is 0.411 e. The van der Waals surface area contributed by atoms with E-state index >= 15 is 0 Å². The van der Waals surface area contributed by atoms with Crippen molar-refractivity contribution >= 4 is 23.4 Å². The molecule has 15 heavy (non-hydrogen) atoms. The Morgan fingerprint density at radius 2 is 2.07 bits per heavy atom. The number of amides is 1. The molecule has 0 saturated carbocycles. The first-order chi connectivity index (χ1) is 6.93. The highest BCUT2D eigenvalue weighted by atomic mass is 35.5. The zero-order valence-electron chi connectivity index (χ0n) is 8.99. The Hall–Kier alpha value is -1.22. The quantitative estimate of drug-likeness (QED) is 0.839. The number of rotatable bonds is 2. The van der Waals surface area contributed by atoms with Crippen molar-refractivity contribution in [3.63, 3.8) is 0 Å². The first-order valence-electron chi connectivity index (χ1n) is 4.69. The van der Waals surface area contributed by atoms with Gasteiger partial charge in [0, 0.05) is 7.05 Å². The summed E-state index contributed by atoms with van der Waals surface area (Å²) in [7, 11) is 1.48. The van der Waals surface area contributed by atoms with Crippen LogP contribution in [0.15, 0.2) is 18.2 Å². The number of carboxylic acid groups (broad SMARTS) is 1. The summed E-state index contributed by atoms with van der Waals surface area (Å²) in [5, 5.41) is 9.31. The topological polar surface area (TPSA) is 40.5 Å². The molecule has 82 valence electrons. The summed E-state index contributed by atoms with van der Waals surface area (Å²) in [6.07, 6.45) is -1.02. The molecule has 0 atom stereocenters. The van der Waals surface area contributed by atoms with E-state index in [1.54, 1.807) is 12.1 Å². The lowest BCUT2D eigenvalue weighted by molar-refractivity contribution is 0.203. The summed E-state index contributed by atoms with van der Waals surface area (Å²) < 4.78 is 0. The van der Waals surface area contributed by atoms with Crippen molar-refractivity contribution in [1.29, 1.82) is 0 Å². The molecule has 0 heterocycles. The molecule has 0 aromatic heterocycles. The predicted octanol–water partition coefficient (Wildman–Crippen LogP) is 3.58. The number of benzene rings is 1. The van der Waals surface area contributed by atoms with Crippen LogP contribution in [0, 0.1) is 0 Å². The van der Waals surface area contributed by atoms with Gasteiger partial charge >= 0.3 is 6.09 Å². The second kappa shape index (κ2) is 4.53. The van der Waals surface area contributed by atoms with Crippen LogP contribution in [0.4, 0.5) is 10.5 Å². The lowest BCUT2D eigenvalue weighted by atomic mass is 10.0. The van der Waals surface area contributed by atoms with Crippen LogP contribution in [0.25, 0.3) is 0 Å². The van der Waals surface area contributed by atoms with Crippen molar-refractivity contribution in [2.24, 2.45) is 0 Å². The fraction of sp³-hybridized carbons (Fsp3) is 0.364. The van der Waals surface area contributed by atoms with Gasteiger partial charge in [-0.3, -0.25) is 4.90 Å². The van der Waals surface area contributed by atoms with Crippen LogP contribution in [0.5, 0.6) is 0 Å². The van der Waals surface area contributed by atoms with E-state index in [1.807, 2.05) is 19.9 Å². The summed E-state index contributed by atoms with van der Waals surface area (Å²) >= 11 is 5.93. The molecule has 3 nitrogen and oxygen atoms in total. The van der Waals surface area contributed by atoms with Crippen molar-refractivity contribution in [3.05, 3.63) is 28.8 Å². The minimum absolute atomic E-state index is 0.350. The monoisotopic (exact) mass is 227 g/mol. The summed E-state index contributed by atoms with van der Waals surface area (Å²) in [5.41, 5.74) is 1.60. The van der Waals surface area contributed by atoms with E-state index in [9.17, 15) is 4.79 Å². The zero-order valence-corrected chi connectivity index (χ0v) is 9.75. The molecule has 0 spiro atoms. The van der Waals surface area contributed by atoms with Gasteiger partial charge < -0.3 is 5.11 Å². The van der Waals surface area contributed by atoms with Crippen LogP contribution < -0.4 is 4.90 Å². The smallest absolute Gasteiger partial charge is 0.411 e. The molecule has 1 rings (SSSR count). The molecular weight excluding hydrogens is 214 g/mol. The standard InChI is InChI=1S/C11H14ClNO2/c1-7(2)8-4-5-9(12)10(6-8)13(3)11(14)15/h4-7H,1-3H3,(H,14,15). The van der Waals surface area contributed by atoms with Crippen molar-refractivity contribution in [3.8, 4) is 0 Å². The molecule has 0 aliphatic carbocycles. The van der Waals surface area contributed by atoms with E-state index in [4.69, 9.17) is 16.7 Å². The van der Waals surface area contributed by atoms with Crippen LogP contribution in [0.2, 0.25) is 5.02 Å². The van der Waals surface area contributed by atoms with Gasteiger partial charge in [-0.05, 0) is 23.6 Å². The summed E-state index contributed by atoms with van der Waals surface area (Å²) in [5.74, 6) is 0.350. The SMILES string of the molecule is CC(C)c1ccc(Cl)c(N(C)C(=O)O)c1. The largest absolute Gasteiger partial charge is 0.465 e. The zero-order chi connectivity index (χ0) is 11.6. The maximum absolute atomic E-state index is 10.8. The molecule has 1 aromatic rings. The molecular formula is C11H14ClNO2. The Kier molecular flexibility index (Phi) is 3.58. The van der Waals surface area contributed by atoms with Gasteiger partial charge in [0.25, 0.3) is 0 Å². The third-order valence-electron chi connectivity index (χ3n) is 2.29. The number of halogens is 1. The highest BCUT2D eigenvalue weighted by Crippen LogP contribution is 2.29. The van der Waals surface area contributed by atoms with E-state index in [0.29, 0.717) is 16.6 Å². The van der Waals surface area contributed by atoms with E-state index in [-0.39, 0.29) is 0 Å². The summed E-state index contributed by atoms with van der Waals surface area (Å²) in [6.45, 7) is 4.10. The molecule has 0 aliphatic rings. The first-order valence-corrected chi connectivity index (χ1v) is 5.07. The number of anilines is 1. The van der Waals surface area contributed by atoms with Gasteiger partial charge in [0.15, 0.2) is 0 Å². The molecule has 0 saturated heterocycles. The van der Waals surface area contributed by atoms with Gasteiger partial charge in [0.2, 0.25) is 0 Å². The summed E-state index contributed by atoms with van der Waals surface area (Å²) in [4.78, 5) is 11.9. The van der Waals surface area contributed by atoms with Crippen LogP contribution in [0.1, 0.15) is 25.3 Å². The van der Waals surface area contributed by atoms with Crippen molar-refractivity contribution in [1.82, 2.24) is 0 Å². The fourth-order valence-electron chi connectivity index (χ4n) is 1.25. The number of carbonyl (C=O) groups is 1. The second-order valence-corrected chi connectivity index (χ2v) is 4.11. The van der Waals surface area contributed by atoms with Gasteiger partial charge in [-0.1, -0.05) is 31.5 Å². The third-order valence-corrected chi connectivity index (χ3v) is 2.60. The lowest BCUT2D eigenvalue weighted by Crippen LogP contribution is -2.24. The van der Waals surface area contributed by atoms with Gasteiger partial charge in [-0.15, -0.1) is 0 Å². The molecule has 0 fully saturated rings. The van der Waals surface area contributed by atoms with Crippen molar-refractivity contribution in [2.75, 3.05) is 11.9 Å². The van der Waals surface area contributed by atoms with Gasteiger partial charge in [0.1, 0.15) is 0 Å². The van der Waals surface area contributed by atoms with Crippen LogP contribution >= 0.6 is 11.6 Å². The first kappa shape index (κ1) is 11.9. The highest BCUT2D eigenvalue weighted by Gasteiger charge is 2.13. The normalized spacial score (nSPS) is 10.5. The molecule has 0 unspecified atom stereocenters. The molecule has 4 heteroatoms. The van der Waals surface area contributed by atoms with Crippen LogP contribution in [0.3, 0.4) is 0 Å². The van der Waals surface area contributed by atoms with Gasteiger partial charge in [-0.25, -0.2) is 4.79 Å². The van der Waals surface area contributed by atoms with E-state index < -0.39 is 6.09 Å². The molecule has 1 aromatic carbocycles. The maximum atomic E-state index is 10.8. The number of nitrogens with zero attached hydrogens (tertiary/aromatic N) is 1. The van der Waals surface area contributed by atoms with E-state index in [2.05, 4.69) is 0 Å². The third kappa shape index (κ3) is 2.63. The molecule has 1 N–H and O–H groups in total. The van der Waals surface area contributed by atoms with Crippen molar-refractivity contribution in [2.45, 2.75) is 19.8 Å².